The molecule has 0 atom stereocenters. The van der Waals surface area contributed by atoms with Gasteiger partial charge in [0.05, 0.1) is 0 Å². The van der Waals surface area contributed by atoms with Crippen molar-refractivity contribution in [1.82, 2.24) is 10.6 Å². The van der Waals surface area contributed by atoms with Gasteiger partial charge in [-0.05, 0) is 30.2 Å². The Morgan fingerprint density at radius 1 is 1.41 bits per heavy atom. The molecule has 0 saturated carbocycles. The van der Waals surface area contributed by atoms with E-state index in [4.69, 9.17) is 5.11 Å². The predicted molar refractivity (Wildman–Crippen MR) is 66.0 cm³/mol. The molecule has 0 unspecified atom stereocenters. The monoisotopic (exact) mass is 304 g/mol. The highest BCUT2D eigenvalue weighted by Crippen LogP contribution is 2.17. The van der Waals surface area contributed by atoms with Gasteiger partial charge < -0.3 is 15.7 Å². The van der Waals surface area contributed by atoms with Crippen molar-refractivity contribution in [2.24, 2.45) is 0 Å². The first-order chi connectivity index (χ1) is 8.13. The fourth-order valence-corrected chi connectivity index (χ4v) is 1.58. The lowest BCUT2D eigenvalue weighted by Crippen LogP contribution is -2.35. The maximum Gasteiger partial charge on any atom is 0.315 e. The largest absolute Gasteiger partial charge is 0.396 e. The molecular weight excluding hydrogens is 291 g/mol. The van der Waals surface area contributed by atoms with E-state index in [1.807, 2.05) is 0 Å². The highest BCUT2D eigenvalue weighted by molar-refractivity contribution is 9.10. The molecule has 3 N–H and O–H groups in total. The van der Waals surface area contributed by atoms with Gasteiger partial charge in [-0.3, -0.25) is 0 Å². The molecule has 0 aromatic heterocycles. The summed E-state index contributed by atoms with van der Waals surface area (Å²) in [5.74, 6) is -0.342. The molecule has 6 heteroatoms. The van der Waals surface area contributed by atoms with E-state index >= 15 is 0 Å². The molecule has 0 aliphatic carbocycles. The predicted octanol–water partition coefficient (Wildman–Crippen LogP) is 1.77. The average molecular weight is 305 g/mol. The highest BCUT2D eigenvalue weighted by atomic mass is 79.9. The van der Waals surface area contributed by atoms with Crippen LogP contribution < -0.4 is 10.6 Å². The molecule has 0 fully saturated rings. The molecule has 4 nitrogen and oxygen atoms in total. The fourth-order valence-electron chi connectivity index (χ4n) is 1.20. The van der Waals surface area contributed by atoms with Crippen molar-refractivity contribution >= 4 is 22.0 Å². The van der Waals surface area contributed by atoms with E-state index in [-0.39, 0.29) is 25.0 Å². The first-order valence-electron chi connectivity index (χ1n) is 5.20. The third-order valence-electron chi connectivity index (χ3n) is 2.07. The number of benzene rings is 1. The molecule has 0 radical (unpaired) electrons. The van der Waals surface area contributed by atoms with Gasteiger partial charge in [0, 0.05) is 24.2 Å². The van der Waals surface area contributed by atoms with Crippen LogP contribution in [0.15, 0.2) is 22.7 Å². The highest BCUT2D eigenvalue weighted by Gasteiger charge is 2.04. The molecule has 0 aliphatic rings. The topological polar surface area (TPSA) is 61.4 Å². The lowest BCUT2D eigenvalue weighted by atomic mass is 10.2. The van der Waals surface area contributed by atoms with Crippen molar-refractivity contribution in [1.29, 1.82) is 0 Å². The second kappa shape index (κ2) is 7.24. The Hall–Kier alpha value is -1.14. The molecular formula is C11H14BrFN2O2. The normalized spacial score (nSPS) is 10.1. The third kappa shape index (κ3) is 5.14. The summed E-state index contributed by atoms with van der Waals surface area (Å²) >= 11 is 3.27. The van der Waals surface area contributed by atoms with E-state index < -0.39 is 0 Å². The second-order valence-corrected chi connectivity index (χ2v) is 4.28. The van der Waals surface area contributed by atoms with Gasteiger partial charge in [0.15, 0.2) is 0 Å². The zero-order valence-electron chi connectivity index (χ0n) is 9.17. The maximum absolute atomic E-state index is 12.9. The van der Waals surface area contributed by atoms with Crippen molar-refractivity contribution in [2.45, 2.75) is 13.0 Å². The van der Waals surface area contributed by atoms with Crippen LogP contribution in [0.5, 0.6) is 0 Å². The summed E-state index contributed by atoms with van der Waals surface area (Å²) in [4.78, 5) is 11.3. The van der Waals surface area contributed by atoms with Crippen LogP contribution in [0.4, 0.5) is 9.18 Å². The first-order valence-corrected chi connectivity index (χ1v) is 5.99. The average Bonchev–Trinajstić information content (AvgIpc) is 2.31. The minimum Gasteiger partial charge on any atom is -0.396 e. The van der Waals surface area contributed by atoms with E-state index in [0.717, 1.165) is 4.47 Å². The van der Waals surface area contributed by atoms with Gasteiger partial charge in [0.2, 0.25) is 0 Å². The number of carbonyl (C=O) groups excluding carboxylic acids is 1. The number of hydrogen-bond acceptors (Lipinski definition) is 2. The summed E-state index contributed by atoms with van der Waals surface area (Å²) in [5, 5.41) is 13.7. The molecule has 0 heterocycles. The molecule has 1 aromatic rings. The summed E-state index contributed by atoms with van der Waals surface area (Å²) in [7, 11) is 0. The summed E-state index contributed by atoms with van der Waals surface area (Å²) in [6, 6.07) is 3.96. The second-order valence-electron chi connectivity index (χ2n) is 3.42. The molecule has 94 valence electrons. The van der Waals surface area contributed by atoms with Gasteiger partial charge in [-0.15, -0.1) is 0 Å². The van der Waals surface area contributed by atoms with E-state index in [9.17, 15) is 9.18 Å². The molecule has 1 aromatic carbocycles. The molecule has 0 bridgehead atoms. The molecule has 2 amide bonds. The van der Waals surface area contributed by atoms with Crippen LogP contribution in [0.25, 0.3) is 0 Å². The van der Waals surface area contributed by atoms with Crippen molar-refractivity contribution in [3.8, 4) is 0 Å². The first kappa shape index (κ1) is 13.9. The van der Waals surface area contributed by atoms with Crippen molar-refractivity contribution in [2.75, 3.05) is 13.2 Å². The summed E-state index contributed by atoms with van der Waals surface area (Å²) in [6.07, 6.45) is 0.511. The Morgan fingerprint density at radius 3 is 2.88 bits per heavy atom. The Balaban J connectivity index is 2.39. The van der Waals surface area contributed by atoms with Gasteiger partial charge >= 0.3 is 6.03 Å². The standard InChI is InChI=1S/C11H14BrFN2O2/c12-10-3-2-9(13)6-8(10)7-15-11(17)14-4-1-5-16/h2-3,6,16H,1,4-5,7H2,(H2,14,15,17). The van der Waals surface area contributed by atoms with Gasteiger partial charge in [0.25, 0.3) is 0 Å². The Bertz CT molecular complexity index is 388. The summed E-state index contributed by atoms with van der Waals surface area (Å²) in [5.41, 5.74) is 0.669. The number of aliphatic hydroxyl groups excluding tert-OH is 1. The number of urea groups is 1. The van der Waals surface area contributed by atoms with Gasteiger partial charge in [-0.2, -0.15) is 0 Å². The van der Waals surface area contributed by atoms with Crippen LogP contribution in [-0.4, -0.2) is 24.3 Å². The quantitative estimate of drug-likeness (QED) is 0.726. The zero-order chi connectivity index (χ0) is 12.7. The van der Waals surface area contributed by atoms with Crippen molar-refractivity contribution in [3.63, 3.8) is 0 Å². The number of hydrogen-bond donors (Lipinski definition) is 3. The fraction of sp³-hybridized carbons (Fsp3) is 0.364. The number of rotatable bonds is 5. The Labute approximate surface area is 107 Å². The Morgan fingerprint density at radius 2 is 2.18 bits per heavy atom. The minimum absolute atomic E-state index is 0.0374. The summed E-state index contributed by atoms with van der Waals surface area (Å²) in [6.45, 7) is 0.686. The maximum atomic E-state index is 12.9. The van der Waals surface area contributed by atoms with E-state index in [1.54, 1.807) is 6.07 Å². The molecule has 0 spiro atoms. The van der Waals surface area contributed by atoms with Crippen molar-refractivity contribution in [3.05, 3.63) is 34.1 Å². The number of nitrogens with one attached hydrogen (secondary N) is 2. The summed E-state index contributed by atoms with van der Waals surface area (Å²) < 4.78 is 13.7. The van der Waals surface area contributed by atoms with E-state index in [2.05, 4.69) is 26.6 Å². The van der Waals surface area contributed by atoms with E-state index in [0.29, 0.717) is 18.5 Å². The van der Waals surface area contributed by atoms with Crippen molar-refractivity contribution < 1.29 is 14.3 Å². The lowest BCUT2D eigenvalue weighted by molar-refractivity contribution is 0.237. The number of amides is 2. The third-order valence-corrected chi connectivity index (χ3v) is 2.84. The molecule has 0 saturated heterocycles. The zero-order valence-corrected chi connectivity index (χ0v) is 10.8. The van der Waals surface area contributed by atoms with Gasteiger partial charge in [-0.25, -0.2) is 9.18 Å². The van der Waals surface area contributed by atoms with Crippen LogP contribution in [0.2, 0.25) is 0 Å². The smallest absolute Gasteiger partial charge is 0.315 e. The van der Waals surface area contributed by atoms with Crippen LogP contribution >= 0.6 is 15.9 Å². The van der Waals surface area contributed by atoms with Crippen LogP contribution in [0, 0.1) is 5.82 Å². The van der Waals surface area contributed by atoms with Crippen LogP contribution in [-0.2, 0) is 6.54 Å². The molecule has 0 aliphatic heterocycles. The SMILES string of the molecule is O=C(NCCCO)NCc1cc(F)ccc1Br. The van der Waals surface area contributed by atoms with E-state index in [1.165, 1.54) is 12.1 Å². The minimum atomic E-state index is -0.342. The lowest BCUT2D eigenvalue weighted by Gasteiger charge is -2.08. The van der Waals surface area contributed by atoms with Gasteiger partial charge in [-0.1, -0.05) is 15.9 Å². The van der Waals surface area contributed by atoms with Gasteiger partial charge in [0.1, 0.15) is 5.82 Å². The molecule has 1 rings (SSSR count). The number of carbonyl (C=O) groups is 1. The Kier molecular flexibility index (Phi) is 5.93. The van der Waals surface area contributed by atoms with Crippen LogP contribution in [0.3, 0.4) is 0 Å². The number of aliphatic hydroxyl groups is 1. The molecule has 17 heavy (non-hydrogen) atoms. The van der Waals surface area contributed by atoms with Crippen LogP contribution in [0.1, 0.15) is 12.0 Å². The number of halogens is 2.